The van der Waals surface area contributed by atoms with Crippen LogP contribution in [0.15, 0.2) is 30.6 Å². The molecule has 1 saturated heterocycles. The van der Waals surface area contributed by atoms with E-state index in [4.69, 9.17) is 4.74 Å². The van der Waals surface area contributed by atoms with E-state index in [1.807, 2.05) is 18.5 Å². The number of pyridine rings is 1. The van der Waals surface area contributed by atoms with Gasteiger partial charge in [0, 0.05) is 44.8 Å². The van der Waals surface area contributed by atoms with Crippen LogP contribution in [-0.2, 0) is 24.4 Å². The van der Waals surface area contributed by atoms with Crippen molar-refractivity contribution >= 4 is 0 Å². The third-order valence-electron chi connectivity index (χ3n) is 4.57. The van der Waals surface area contributed by atoms with Gasteiger partial charge in [-0.2, -0.15) is 0 Å². The van der Waals surface area contributed by atoms with Gasteiger partial charge >= 0.3 is 0 Å². The topological polar surface area (TPSA) is 43.2 Å². The summed E-state index contributed by atoms with van der Waals surface area (Å²) < 4.78 is 7.59. The molecule has 124 valence electrons. The van der Waals surface area contributed by atoms with Gasteiger partial charge in [-0.3, -0.25) is 9.88 Å². The lowest BCUT2D eigenvalue weighted by Gasteiger charge is -2.33. The van der Waals surface area contributed by atoms with Crippen molar-refractivity contribution in [3.8, 4) is 0 Å². The lowest BCUT2D eigenvalue weighted by molar-refractivity contribution is 0.146. The van der Waals surface area contributed by atoms with E-state index >= 15 is 0 Å². The van der Waals surface area contributed by atoms with Gasteiger partial charge in [-0.1, -0.05) is 6.07 Å². The fourth-order valence-corrected chi connectivity index (χ4v) is 3.43. The molecule has 1 fully saturated rings. The minimum Gasteiger partial charge on any atom is -0.377 e. The summed E-state index contributed by atoms with van der Waals surface area (Å²) in [5.41, 5.74) is 2.38. The zero-order valence-electron chi connectivity index (χ0n) is 14.1. The Labute approximate surface area is 138 Å². The molecule has 0 radical (unpaired) electrons. The van der Waals surface area contributed by atoms with E-state index in [0.717, 1.165) is 31.2 Å². The molecule has 5 heteroatoms. The highest BCUT2D eigenvalue weighted by atomic mass is 16.5. The molecule has 0 spiro atoms. The lowest BCUT2D eigenvalue weighted by Crippen LogP contribution is -2.37. The van der Waals surface area contributed by atoms with E-state index in [1.54, 1.807) is 7.11 Å². The summed E-state index contributed by atoms with van der Waals surface area (Å²) >= 11 is 0. The van der Waals surface area contributed by atoms with Crippen molar-refractivity contribution < 1.29 is 4.74 Å². The fourth-order valence-electron chi connectivity index (χ4n) is 3.43. The molecule has 1 atom stereocenters. The van der Waals surface area contributed by atoms with Crippen LogP contribution in [0.4, 0.5) is 0 Å². The van der Waals surface area contributed by atoms with Gasteiger partial charge in [0.25, 0.3) is 0 Å². The average Bonchev–Trinajstić information content (AvgIpc) is 2.90. The predicted octanol–water partition coefficient (Wildman–Crippen LogP) is 2.65. The first-order valence-corrected chi connectivity index (χ1v) is 8.38. The van der Waals surface area contributed by atoms with Gasteiger partial charge in [0.1, 0.15) is 12.4 Å². The molecule has 2 aromatic heterocycles. The second kappa shape index (κ2) is 7.70. The Kier molecular flexibility index (Phi) is 5.41. The van der Waals surface area contributed by atoms with Crippen LogP contribution in [0.25, 0.3) is 0 Å². The summed E-state index contributed by atoms with van der Waals surface area (Å²) in [5.74, 6) is 1.70. The monoisotopic (exact) mass is 314 g/mol. The molecule has 1 aliphatic heterocycles. The van der Waals surface area contributed by atoms with Gasteiger partial charge in [0.15, 0.2) is 0 Å². The van der Waals surface area contributed by atoms with Crippen LogP contribution < -0.4 is 0 Å². The van der Waals surface area contributed by atoms with Crippen molar-refractivity contribution in [3.05, 3.63) is 47.8 Å². The molecule has 0 saturated carbocycles. The quantitative estimate of drug-likeness (QED) is 0.822. The van der Waals surface area contributed by atoms with Crippen LogP contribution in [0.2, 0.25) is 0 Å². The van der Waals surface area contributed by atoms with E-state index in [0.29, 0.717) is 12.5 Å². The van der Waals surface area contributed by atoms with Gasteiger partial charge in [-0.15, -0.1) is 0 Å². The number of rotatable bonds is 6. The third kappa shape index (κ3) is 4.18. The predicted molar refractivity (Wildman–Crippen MR) is 89.9 cm³/mol. The number of nitrogens with zero attached hydrogens (tertiary/aromatic N) is 4. The molecular formula is C18H26N4O. The molecule has 0 amide bonds. The Morgan fingerprint density at radius 3 is 3.00 bits per heavy atom. The number of aryl methyl sites for hydroxylation is 1. The van der Waals surface area contributed by atoms with Crippen LogP contribution in [0.3, 0.4) is 0 Å². The van der Waals surface area contributed by atoms with Crippen molar-refractivity contribution in [1.82, 2.24) is 19.4 Å². The molecule has 1 unspecified atom stereocenters. The van der Waals surface area contributed by atoms with Crippen LogP contribution in [-0.4, -0.2) is 39.6 Å². The van der Waals surface area contributed by atoms with Gasteiger partial charge in [0.05, 0.1) is 5.69 Å². The number of ether oxygens (including phenoxy) is 1. The Bertz CT molecular complexity index is 611. The van der Waals surface area contributed by atoms with E-state index in [-0.39, 0.29) is 0 Å². The number of aromatic nitrogens is 3. The SMILES string of the molecule is COCc1ncc(C)n1CC1CCCN(Cc2ccccn2)C1. The minimum absolute atomic E-state index is 0.582. The largest absolute Gasteiger partial charge is 0.377 e. The summed E-state index contributed by atoms with van der Waals surface area (Å²) in [4.78, 5) is 11.5. The first-order chi connectivity index (χ1) is 11.3. The maximum atomic E-state index is 5.27. The molecule has 2 aromatic rings. The third-order valence-corrected chi connectivity index (χ3v) is 4.57. The summed E-state index contributed by atoms with van der Waals surface area (Å²) in [6.07, 6.45) is 6.36. The van der Waals surface area contributed by atoms with Crippen LogP contribution in [0.1, 0.15) is 30.1 Å². The van der Waals surface area contributed by atoms with Crippen molar-refractivity contribution in [3.63, 3.8) is 0 Å². The number of hydrogen-bond donors (Lipinski definition) is 0. The first kappa shape index (κ1) is 16.1. The standard InChI is InChI=1S/C18H26N4O/c1-15-10-20-18(14-23-2)22(15)12-16-6-5-9-21(11-16)13-17-7-3-4-8-19-17/h3-4,7-8,10,16H,5-6,9,11-14H2,1-2H3. The maximum absolute atomic E-state index is 5.27. The molecule has 5 nitrogen and oxygen atoms in total. The average molecular weight is 314 g/mol. The molecule has 3 rings (SSSR count). The number of hydrogen-bond acceptors (Lipinski definition) is 4. The highest BCUT2D eigenvalue weighted by molar-refractivity contribution is 5.05. The Balaban J connectivity index is 1.62. The van der Waals surface area contributed by atoms with E-state index < -0.39 is 0 Å². The highest BCUT2D eigenvalue weighted by Gasteiger charge is 2.22. The molecule has 23 heavy (non-hydrogen) atoms. The number of piperidine rings is 1. The molecule has 0 aliphatic carbocycles. The summed E-state index contributed by atoms with van der Waals surface area (Å²) in [6, 6.07) is 6.15. The normalized spacial score (nSPS) is 19.1. The van der Waals surface area contributed by atoms with Crippen molar-refractivity contribution in [2.24, 2.45) is 5.92 Å². The van der Waals surface area contributed by atoms with Gasteiger partial charge < -0.3 is 9.30 Å². The smallest absolute Gasteiger partial charge is 0.134 e. The second-order valence-electron chi connectivity index (χ2n) is 6.42. The molecule has 0 N–H and O–H groups in total. The molecule has 3 heterocycles. The van der Waals surface area contributed by atoms with Gasteiger partial charge in [-0.05, 0) is 44.4 Å². The Morgan fingerprint density at radius 2 is 2.22 bits per heavy atom. The molecule has 0 bridgehead atoms. The molecule has 0 aromatic carbocycles. The van der Waals surface area contributed by atoms with Crippen LogP contribution in [0.5, 0.6) is 0 Å². The molecule has 1 aliphatic rings. The highest BCUT2D eigenvalue weighted by Crippen LogP contribution is 2.21. The maximum Gasteiger partial charge on any atom is 0.134 e. The Morgan fingerprint density at radius 1 is 1.30 bits per heavy atom. The van der Waals surface area contributed by atoms with E-state index in [2.05, 4.69) is 38.5 Å². The van der Waals surface area contributed by atoms with Gasteiger partial charge in [0.2, 0.25) is 0 Å². The zero-order valence-corrected chi connectivity index (χ0v) is 14.1. The molecular weight excluding hydrogens is 288 g/mol. The fraction of sp³-hybridized carbons (Fsp3) is 0.556. The minimum atomic E-state index is 0.582. The van der Waals surface area contributed by atoms with Crippen molar-refractivity contribution in [1.29, 1.82) is 0 Å². The number of likely N-dealkylation sites (tertiary alicyclic amines) is 1. The van der Waals surface area contributed by atoms with E-state index in [9.17, 15) is 0 Å². The summed E-state index contributed by atoms with van der Waals surface area (Å²) in [7, 11) is 1.73. The second-order valence-corrected chi connectivity index (χ2v) is 6.42. The Hall–Kier alpha value is -1.72. The van der Waals surface area contributed by atoms with Crippen LogP contribution in [0, 0.1) is 12.8 Å². The lowest BCUT2D eigenvalue weighted by atomic mass is 9.97. The van der Waals surface area contributed by atoms with Crippen molar-refractivity contribution in [2.75, 3.05) is 20.2 Å². The summed E-state index contributed by atoms with van der Waals surface area (Å²) in [5, 5.41) is 0. The van der Waals surface area contributed by atoms with Gasteiger partial charge in [-0.25, -0.2) is 4.98 Å². The zero-order chi connectivity index (χ0) is 16.1. The number of imidazole rings is 1. The van der Waals surface area contributed by atoms with Crippen LogP contribution >= 0.6 is 0 Å². The summed E-state index contributed by atoms with van der Waals surface area (Å²) in [6.45, 7) is 6.98. The first-order valence-electron chi connectivity index (χ1n) is 8.38. The van der Waals surface area contributed by atoms with Crippen molar-refractivity contribution in [2.45, 2.75) is 39.5 Å². The van der Waals surface area contributed by atoms with E-state index in [1.165, 1.54) is 25.1 Å². The number of methoxy groups -OCH3 is 1.